The van der Waals surface area contributed by atoms with Gasteiger partial charge in [0.25, 0.3) is 0 Å². The first-order valence-electron chi connectivity index (χ1n) is 9.94. The Morgan fingerprint density at radius 3 is 2.76 bits per heavy atom. The number of anilines is 1. The maximum absolute atomic E-state index is 15.0. The van der Waals surface area contributed by atoms with Crippen LogP contribution in [0.4, 0.5) is 14.6 Å². The van der Waals surface area contributed by atoms with Crippen molar-refractivity contribution < 1.29 is 18.7 Å². The lowest BCUT2D eigenvalue weighted by Gasteiger charge is -2.22. The van der Waals surface area contributed by atoms with Gasteiger partial charge < -0.3 is 20.3 Å². The molecule has 9 heteroatoms. The fourth-order valence-corrected chi connectivity index (χ4v) is 5.69. The zero-order chi connectivity index (χ0) is 20.2. The van der Waals surface area contributed by atoms with Crippen molar-refractivity contribution in [2.75, 3.05) is 18.0 Å². The number of carboxylic acids is 1. The molecule has 3 aliphatic carbocycles. The monoisotopic (exact) mass is 402 g/mol. The number of nitrogens with two attached hydrogens (primary N) is 1. The van der Waals surface area contributed by atoms with Crippen molar-refractivity contribution >= 4 is 22.8 Å². The highest BCUT2D eigenvalue weighted by atomic mass is 19.1. The van der Waals surface area contributed by atoms with E-state index in [1.165, 1.54) is 4.57 Å². The van der Waals surface area contributed by atoms with Gasteiger partial charge in [-0.25, -0.2) is 18.6 Å². The van der Waals surface area contributed by atoms with Gasteiger partial charge in [-0.3, -0.25) is 4.79 Å². The highest BCUT2D eigenvalue weighted by Crippen LogP contribution is 2.62. The SMILES string of the molecule is NC12CC1CC1CN(c3nc4c(cc3F)c(=O)c(C(=O)O)cn4[C@@H]3CC3F)CC12. The Kier molecular flexibility index (Phi) is 3.18. The number of halogens is 2. The number of hydrogen-bond acceptors (Lipinski definition) is 5. The summed E-state index contributed by atoms with van der Waals surface area (Å²) in [7, 11) is 0. The van der Waals surface area contributed by atoms with Crippen LogP contribution in [-0.2, 0) is 0 Å². The minimum atomic E-state index is -1.43. The Morgan fingerprint density at radius 2 is 2.10 bits per heavy atom. The molecule has 7 nitrogen and oxygen atoms in total. The van der Waals surface area contributed by atoms with Gasteiger partial charge in [0, 0.05) is 31.2 Å². The zero-order valence-corrected chi connectivity index (χ0v) is 15.5. The maximum atomic E-state index is 15.0. The summed E-state index contributed by atoms with van der Waals surface area (Å²) in [5.41, 5.74) is 5.15. The number of carboxylic acid groups (broad SMARTS) is 1. The highest BCUT2D eigenvalue weighted by molar-refractivity contribution is 5.92. The Bertz CT molecular complexity index is 1150. The van der Waals surface area contributed by atoms with Gasteiger partial charge in [-0.15, -0.1) is 0 Å². The number of rotatable bonds is 3. The first-order chi connectivity index (χ1) is 13.8. The second-order valence-electron chi connectivity index (χ2n) is 9.09. The molecule has 0 aromatic carbocycles. The number of carbonyl (C=O) groups is 1. The average Bonchev–Trinajstić information content (AvgIpc) is 3.44. The second kappa shape index (κ2) is 5.33. The number of hydrogen-bond donors (Lipinski definition) is 2. The molecule has 0 spiro atoms. The Labute approximate surface area is 164 Å². The van der Waals surface area contributed by atoms with Crippen LogP contribution < -0.4 is 16.1 Å². The summed E-state index contributed by atoms with van der Waals surface area (Å²) in [5.74, 6) is -0.684. The van der Waals surface area contributed by atoms with Crippen molar-refractivity contribution in [2.45, 2.75) is 37.0 Å². The quantitative estimate of drug-likeness (QED) is 0.810. The lowest BCUT2D eigenvalue weighted by Crippen LogP contribution is -2.35. The number of aromatic nitrogens is 2. The number of fused-ring (bicyclic) bond motifs is 4. The summed E-state index contributed by atoms with van der Waals surface area (Å²) >= 11 is 0. The molecule has 3 saturated carbocycles. The van der Waals surface area contributed by atoms with Gasteiger partial charge in [-0.1, -0.05) is 0 Å². The van der Waals surface area contributed by atoms with Gasteiger partial charge in [0.2, 0.25) is 5.43 Å². The minimum absolute atomic E-state index is 0.125. The van der Waals surface area contributed by atoms with Crippen LogP contribution in [0.5, 0.6) is 0 Å². The van der Waals surface area contributed by atoms with Gasteiger partial charge >= 0.3 is 5.97 Å². The predicted molar refractivity (Wildman–Crippen MR) is 100 cm³/mol. The molecule has 1 aliphatic heterocycles. The number of alkyl halides is 1. The van der Waals surface area contributed by atoms with E-state index in [4.69, 9.17) is 5.73 Å². The fraction of sp³-hybridized carbons (Fsp3) is 0.550. The molecule has 6 atom stereocenters. The number of aromatic carboxylic acids is 1. The van der Waals surface area contributed by atoms with Crippen LogP contribution in [0.3, 0.4) is 0 Å². The molecule has 5 unspecified atom stereocenters. The van der Waals surface area contributed by atoms with Crippen LogP contribution in [0.25, 0.3) is 11.0 Å². The van der Waals surface area contributed by atoms with Gasteiger partial charge in [0.15, 0.2) is 11.6 Å². The van der Waals surface area contributed by atoms with Crippen molar-refractivity contribution in [3.8, 4) is 0 Å². The minimum Gasteiger partial charge on any atom is -0.477 e. The standard InChI is InChI=1S/C20H20F2N4O3/c21-13-3-15(13)26-6-11(19(28)29)16(27)10-2-14(22)18(24-17(10)26)25-5-8-1-9-4-20(9,23)12(8)7-25/h2,6,8-9,12-13,15H,1,3-5,7,23H2,(H,28,29)/t8?,9?,12?,13?,15-,20?/m1/s1. The molecule has 0 amide bonds. The van der Waals surface area contributed by atoms with Crippen LogP contribution in [-0.4, -0.2) is 45.4 Å². The summed E-state index contributed by atoms with van der Waals surface area (Å²) in [6.07, 6.45) is 2.29. The van der Waals surface area contributed by atoms with Crippen LogP contribution in [0.1, 0.15) is 35.7 Å². The van der Waals surface area contributed by atoms with E-state index >= 15 is 0 Å². The Morgan fingerprint density at radius 1 is 1.34 bits per heavy atom. The lowest BCUT2D eigenvalue weighted by molar-refractivity contribution is 0.0694. The van der Waals surface area contributed by atoms with E-state index in [1.807, 2.05) is 4.90 Å². The largest absolute Gasteiger partial charge is 0.477 e. The second-order valence-corrected chi connectivity index (χ2v) is 9.09. The topological polar surface area (TPSA) is 101 Å². The normalized spacial score (nSPS) is 36.9. The van der Waals surface area contributed by atoms with Crippen LogP contribution >= 0.6 is 0 Å². The lowest BCUT2D eigenvalue weighted by atomic mass is 9.92. The smallest absolute Gasteiger partial charge is 0.341 e. The van der Waals surface area contributed by atoms with Crippen molar-refractivity contribution in [2.24, 2.45) is 23.5 Å². The first-order valence-corrected chi connectivity index (χ1v) is 9.94. The van der Waals surface area contributed by atoms with Crippen molar-refractivity contribution in [3.05, 3.63) is 33.9 Å². The van der Waals surface area contributed by atoms with E-state index < -0.39 is 35.0 Å². The molecule has 0 bridgehead atoms. The van der Waals surface area contributed by atoms with Gasteiger partial charge in [-0.2, -0.15) is 0 Å². The van der Waals surface area contributed by atoms with E-state index in [2.05, 4.69) is 4.98 Å². The van der Waals surface area contributed by atoms with E-state index in [-0.39, 0.29) is 28.8 Å². The highest BCUT2D eigenvalue weighted by Gasteiger charge is 2.66. The molecule has 0 radical (unpaired) electrons. The van der Waals surface area contributed by atoms with Gasteiger partial charge in [0.1, 0.15) is 17.4 Å². The van der Waals surface area contributed by atoms with E-state index in [9.17, 15) is 23.5 Å². The van der Waals surface area contributed by atoms with Crippen molar-refractivity contribution in [1.29, 1.82) is 0 Å². The molecule has 2 aromatic heterocycles. The summed E-state index contributed by atoms with van der Waals surface area (Å²) < 4.78 is 30.1. The van der Waals surface area contributed by atoms with E-state index in [0.29, 0.717) is 30.8 Å². The summed E-state index contributed by atoms with van der Waals surface area (Å²) in [4.78, 5) is 30.3. The molecule has 152 valence electrons. The molecule has 2 aromatic rings. The average molecular weight is 402 g/mol. The summed E-state index contributed by atoms with van der Waals surface area (Å²) in [5, 5.41) is 9.18. The maximum Gasteiger partial charge on any atom is 0.341 e. The molecular formula is C20H20F2N4O3. The number of pyridine rings is 2. The molecule has 6 rings (SSSR count). The van der Waals surface area contributed by atoms with Crippen LogP contribution in [0.2, 0.25) is 0 Å². The van der Waals surface area contributed by atoms with Crippen molar-refractivity contribution in [1.82, 2.24) is 9.55 Å². The zero-order valence-electron chi connectivity index (χ0n) is 15.5. The third kappa shape index (κ3) is 2.27. The van der Waals surface area contributed by atoms with E-state index in [1.54, 1.807) is 0 Å². The molecule has 29 heavy (non-hydrogen) atoms. The molecule has 3 heterocycles. The fourth-order valence-electron chi connectivity index (χ4n) is 5.69. The third-order valence-corrected chi connectivity index (χ3v) is 7.43. The molecule has 4 aliphatic rings. The first kappa shape index (κ1) is 17.3. The van der Waals surface area contributed by atoms with Crippen LogP contribution in [0, 0.1) is 23.6 Å². The third-order valence-electron chi connectivity index (χ3n) is 7.43. The Balaban J connectivity index is 1.47. The van der Waals surface area contributed by atoms with Gasteiger partial charge in [-0.05, 0) is 36.7 Å². The molecular weight excluding hydrogens is 382 g/mol. The Hall–Kier alpha value is -2.55. The summed E-state index contributed by atoms with van der Waals surface area (Å²) in [6.45, 7) is 1.27. The molecule has 4 fully saturated rings. The van der Waals surface area contributed by atoms with E-state index in [0.717, 1.165) is 25.1 Å². The predicted octanol–water partition coefficient (Wildman–Crippen LogP) is 1.69. The molecule has 1 saturated heterocycles. The van der Waals surface area contributed by atoms with Gasteiger partial charge in [0.05, 0.1) is 11.4 Å². The molecule has 3 N–H and O–H groups in total. The summed E-state index contributed by atoms with van der Waals surface area (Å²) in [6, 6.07) is 0.463. The van der Waals surface area contributed by atoms with Crippen LogP contribution in [0.15, 0.2) is 17.1 Å². The number of nitrogens with zero attached hydrogens (tertiary/aromatic N) is 3. The van der Waals surface area contributed by atoms with Crippen molar-refractivity contribution in [3.63, 3.8) is 0 Å².